The minimum absolute atomic E-state index is 0.0409. The lowest BCUT2D eigenvalue weighted by Crippen LogP contribution is -2.41. The van der Waals surface area contributed by atoms with E-state index in [2.05, 4.69) is 32.2 Å². The molecule has 0 spiro atoms. The molecule has 0 saturated heterocycles. The van der Waals surface area contributed by atoms with Gasteiger partial charge in [-0.3, -0.25) is 4.79 Å². The first kappa shape index (κ1) is 14.1. The molecule has 0 atom stereocenters. The number of amides is 1. The molecule has 0 heterocycles. The Morgan fingerprint density at radius 3 is 2.26 bits per heavy atom. The predicted molar refractivity (Wildman–Crippen MR) is 79.7 cm³/mol. The van der Waals surface area contributed by atoms with Crippen LogP contribution in [0.5, 0.6) is 0 Å². The third kappa shape index (κ3) is 2.99. The Bertz CT molecular complexity index is 519. The molecule has 2 heteroatoms. The van der Waals surface area contributed by atoms with Crippen molar-refractivity contribution < 1.29 is 4.79 Å². The van der Waals surface area contributed by atoms with E-state index in [-0.39, 0.29) is 11.4 Å². The van der Waals surface area contributed by atoms with Crippen LogP contribution in [-0.2, 0) is 5.41 Å². The lowest BCUT2D eigenvalue weighted by atomic mass is 9.88. The smallest absolute Gasteiger partial charge is 0.251 e. The fraction of sp³-hybridized carbons (Fsp3) is 0.588. The molecule has 1 aromatic rings. The summed E-state index contributed by atoms with van der Waals surface area (Å²) in [5.41, 5.74) is 4.61. The summed E-state index contributed by atoms with van der Waals surface area (Å²) < 4.78 is 0. The average Bonchev–Trinajstić information content (AvgIpc) is 2.98. The maximum atomic E-state index is 12.4. The van der Waals surface area contributed by atoms with Crippen LogP contribution in [0.2, 0.25) is 0 Å². The third-order valence-corrected chi connectivity index (χ3v) is 3.94. The molecule has 2 nitrogen and oxygen atoms in total. The molecular formula is C17H25NO. The Hall–Kier alpha value is -1.31. The van der Waals surface area contributed by atoms with Gasteiger partial charge in [-0.05, 0) is 70.1 Å². The topological polar surface area (TPSA) is 29.1 Å². The van der Waals surface area contributed by atoms with Gasteiger partial charge in [-0.2, -0.15) is 0 Å². The van der Waals surface area contributed by atoms with Crippen LogP contribution in [0.1, 0.15) is 67.6 Å². The molecule has 1 aliphatic carbocycles. The lowest BCUT2D eigenvalue weighted by Gasteiger charge is -2.23. The maximum absolute atomic E-state index is 12.4. The highest BCUT2D eigenvalue weighted by atomic mass is 16.1. The quantitative estimate of drug-likeness (QED) is 0.858. The summed E-state index contributed by atoms with van der Waals surface area (Å²) in [4.78, 5) is 12.4. The zero-order valence-corrected chi connectivity index (χ0v) is 13.0. The largest absolute Gasteiger partial charge is 0.347 e. The van der Waals surface area contributed by atoms with Crippen molar-refractivity contribution >= 4 is 5.91 Å². The van der Waals surface area contributed by atoms with Gasteiger partial charge in [0.05, 0.1) is 0 Å². The third-order valence-electron chi connectivity index (χ3n) is 3.94. The number of benzene rings is 1. The van der Waals surface area contributed by atoms with Crippen LogP contribution in [0.3, 0.4) is 0 Å². The fourth-order valence-electron chi connectivity index (χ4n) is 2.59. The van der Waals surface area contributed by atoms with Gasteiger partial charge in [0.25, 0.3) is 5.91 Å². The molecule has 104 valence electrons. The van der Waals surface area contributed by atoms with Crippen molar-refractivity contribution in [3.63, 3.8) is 0 Å². The average molecular weight is 259 g/mol. The van der Waals surface area contributed by atoms with Crippen molar-refractivity contribution in [3.05, 3.63) is 34.4 Å². The summed E-state index contributed by atoms with van der Waals surface area (Å²) in [6.07, 6.45) is 2.47. The molecule has 0 aliphatic heterocycles. The lowest BCUT2D eigenvalue weighted by molar-refractivity contribution is 0.0918. The number of hydrogen-bond donors (Lipinski definition) is 1. The zero-order chi connectivity index (χ0) is 14.4. The fourth-order valence-corrected chi connectivity index (χ4v) is 2.59. The van der Waals surface area contributed by atoms with Crippen molar-refractivity contribution in [1.29, 1.82) is 0 Å². The number of hydrogen-bond acceptors (Lipinski definition) is 1. The summed E-state index contributed by atoms with van der Waals surface area (Å²) in [6.45, 7) is 12.5. The van der Waals surface area contributed by atoms with Crippen LogP contribution < -0.4 is 5.32 Å². The zero-order valence-electron chi connectivity index (χ0n) is 13.0. The van der Waals surface area contributed by atoms with Crippen LogP contribution >= 0.6 is 0 Å². The summed E-state index contributed by atoms with van der Waals surface area (Å²) >= 11 is 0. The summed E-state index contributed by atoms with van der Waals surface area (Å²) in [5, 5.41) is 3.06. The predicted octanol–water partition coefficient (Wildman–Crippen LogP) is 3.88. The molecule has 1 N–H and O–H groups in total. The van der Waals surface area contributed by atoms with Crippen LogP contribution in [-0.4, -0.2) is 11.4 Å². The van der Waals surface area contributed by atoms with E-state index in [1.54, 1.807) is 0 Å². The van der Waals surface area contributed by atoms with E-state index in [4.69, 9.17) is 0 Å². The number of nitrogens with one attached hydrogen (secondary N) is 1. The van der Waals surface area contributed by atoms with E-state index in [9.17, 15) is 4.79 Å². The van der Waals surface area contributed by atoms with Gasteiger partial charge in [0.15, 0.2) is 0 Å². The molecule has 19 heavy (non-hydrogen) atoms. The Morgan fingerprint density at radius 1 is 1.21 bits per heavy atom. The second-order valence-corrected chi connectivity index (χ2v) is 7.25. The van der Waals surface area contributed by atoms with Crippen LogP contribution in [0.4, 0.5) is 0 Å². The maximum Gasteiger partial charge on any atom is 0.251 e. The SMILES string of the molecule is Cc1cc(C(=O)NC(C)(C)C)c(C)c(C2(C)CC2)c1. The molecule has 0 unspecified atom stereocenters. The normalized spacial score (nSPS) is 17.2. The second-order valence-electron chi connectivity index (χ2n) is 7.25. The van der Waals surface area contributed by atoms with Crippen LogP contribution in [0, 0.1) is 13.8 Å². The van der Waals surface area contributed by atoms with Gasteiger partial charge in [-0.25, -0.2) is 0 Å². The van der Waals surface area contributed by atoms with Crippen molar-refractivity contribution in [3.8, 4) is 0 Å². The number of aryl methyl sites for hydroxylation is 1. The van der Waals surface area contributed by atoms with E-state index in [1.807, 2.05) is 26.8 Å². The minimum Gasteiger partial charge on any atom is -0.347 e. The minimum atomic E-state index is -0.198. The van der Waals surface area contributed by atoms with Gasteiger partial charge in [-0.1, -0.05) is 18.6 Å². The van der Waals surface area contributed by atoms with E-state index in [0.29, 0.717) is 5.41 Å². The van der Waals surface area contributed by atoms with E-state index in [0.717, 1.165) is 11.1 Å². The monoisotopic (exact) mass is 259 g/mol. The van der Waals surface area contributed by atoms with Gasteiger partial charge in [0, 0.05) is 11.1 Å². The van der Waals surface area contributed by atoms with E-state index >= 15 is 0 Å². The van der Waals surface area contributed by atoms with E-state index in [1.165, 1.54) is 24.0 Å². The standard InChI is InChI=1S/C17H25NO/c1-11-9-13(15(19)18-16(3,4)5)12(2)14(10-11)17(6)7-8-17/h9-10H,7-8H2,1-6H3,(H,18,19). The summed E-state index contributed by atoms with van der Waals surface area (Å²) in [6, 6.07) is 4.25. The molecule has 1 fully saturated rings. The molecule has 1 saturated carbocycles. The first-order chi connectivity index (χ1) is 8.62. The Morgan fingerprint density at radius 2 is 1.79 bits per heavy atom. The number of rotatable bonds is 2. The van der Waals surface area contributed by atoms with Crippen LogP contribution in [0.15, 0.2) is 12.1 Å². The second kappa shape index (κ2) is 4.36. The highest BCUT2D eigenvalue weighted by molar-refractivity contribution is 5.96. The van der Waals surface area contributed by atoms with Crippen molar-refractivity contribution in [1.82, 2.24) is 5.32 Å². The number of carbonyl (C=O) groups excluding carboxylic acids is 1. The van der Waals surface area contributed by atoms with Gasteiger partial charge < -0.3 is 5.32 Å². The molecule has 1 aromatic carbocycles. The Balaban J connectivity index is 2.41. The molecule has 0 bridgehead atoms. The molecule has 0 aromatic heterocycles. The first-order valence-corrected chi connectivity index (χ1v) is 7.07. The summed E-state index contributed by atoms with van der Waals surface area (Å²) in [7, 11) is 0. The molecule has 1 amide bonds. The highest BCUT2D eigenvalue weighted by Crippen LogP contribution is 2.49. The molecule has 2 rings (SSSR count). The van der Waals surface area contributed by atoms with Crippen LogP contribution in [0.25, 0.3) is 0 Å². The van der Waals surface area contributed by atoms with Gasteiger partial charge in [0.2, 0.25) is 0 Å². The van der Waals surface area contributed by atoms with E-state index < -0.39 is 0 Å². The first-order valence-electron chi connectivity index (χ1n) is 7.07. The van der Waals surface area contributed by atoms with Gasteiger partial charge in [-0.15, -0.1) is 0 Å². The molecular weight excluding hydrogens is 234 g/mol. The molecule has 1 aliphatic rings. The van der Waals surface area contributed by atoms with Gasteiger partial charge >= 0.3 is 0 Å². The Kier molecular flexibility index (Phi) is 3.24. The van der Waals surface area contributed by atoms with Crippen molar-refractivity contribution in [2.75, 3.05) is 0 Å². The highest BCUT2D eigenvalue weighted by Gasteiger charge is 2.40. The van der Waals surface area contributed by atoms with Gasteiger partial charge in [0.1, 0.15) is 0 Å². The molecule has 0 radical (unpaired) electrons. The van der Waals surface area contributed by atoms with Crippen molar-refractivity contribution in [2.45, 2.75) is 65.3 Å². The number of carbonyl (C=O) groups is 1. The summed E-state index contributed by atoms with van der Waals surface area (Å²) in [5.74, 6) is 0.0409. The Labute approximate surface area is 116 Å². The van der Waals surface area contributed by atoms with Crippen molar-refractivity contribution in [2.24, 2.45) is 0 Å².